The van der Waals surface area contributed by atoms with Crippen molar-refractivity contribution in [2.24, 2.45) is 5.92 Å². The monoisotopic (exact) mass is 360 g/mol. The molecule has 2 saturated heterocycles. The summed E-state index contributed by atoms with van der Waals surface area (Å²) in [6.45, 7) is 1.64. The second-order valence-corrected chi connectivity index (χ2v) is 7.66. The van der Waals surface area contributed by atoms with Gasteiger partial charge in [0.2, 0.25) is 15.8 Å². The number of piperidine rings is 1. The smallest absolute Gasteiger partial charge is 0.304 e. The summed E-state index contributed by atoms with van der Waals surface area (Å²) in [5, 5.41) is 10.6. The van der Waals surface area contributed by atoms with Crippen LogP contribution in [0.4, 0.5) is 10.1 Å². The van der Waals surface area contributed by atoms with Crippen molar-refractivity contribution in [3.05, 3.63) is 34.1 Å². The molecule has 2 aliphatic rings. The van der Waals surface area contributed by atoms with E-state index in [9.17, 15) is 22.9 Å². The molecule has 0 spiro atoms. The zero-order valence-corrected chi connectivity index (χ0v) is 13.6. The third kappa shape index (κ3) is 3.27. The van der Waals surface area contributed by atoms with Crippen LogP contribution in [0, 0.1) is 21.8 Å². The van der Waals surface area contributed by atoms with Crippen LogP contribution in [0.2, 0.25) is 0 Å². The van der Waals surface area contributed by atoms with Gasteiger partial charge in [-0.25, -0.2) is 8.42 Å². The van der Waals surface area contributed by atoms with Crippen LogP contribution in [0.3, 0.4) is 0 Å². The Hall–Kier alpha value is -1.62. The predicted octanol–water partition coefficient (Wildman–Crippen LogP) is 1.51. The standard InChI is InChI=1S/C14H17FN2O6S/c15-12-9-11(1-2-13(12)17(18)19)24(20,21)16-5-3-10(4-6-16)14-22-7-8-23-14/h1-2,9-10,14H,3-8H2. The van der Waals surface area contributed by atoms with Gasteiger partial charge in [-0.3, -0.25) is 10.1 Å². The van der Waals surface area contributed by atoms with Gasteiger partial charge in [-0.05, 0) is 18.9 Å². The lowest BCUT2D eigenvalue weighted by atomic mass is 9.98. The fraction of sp³-hybridized carbons (Fsp3) is 0.571. The zero-order chi connectivity index (χ0) is 17.3. The van der Waals surface area contributed by atoms with E-state index < -0.39 is 26.5 Å². The Morgan fingerprint density at radius 2 is 1.83 bits per heavy atom. The van der Waals surface area contributed by atoms with Crippen molar-refractivity contribution in [3.63, 3.8) is 0 Å². The average molecular weight is 360 g/mol. The number of nitro groups is 1. The number of hydrogen-bond donors (Lipinski definition) is 0. The van der Waals surface area contributed by atoms with Gasteiger partial charge in [-0.15, -0.1) is 0 Å². The number of nitro benzene ring substituents is 1. The van der Waals surface area contributed by atoms with Crippen LogP contribution < -0.4 is 0 Å². The molecule has 0 aliphatic carbocycles. The zero-order valence-electron chi connectivity index (χ0n) is 12.8. The lowest BCUT2D eigenvalue weighted by Crippen LogP contribution is -2.41. The molecule has 0 amide bonds. The first kappa shape index (κ1) is 17.2. The Balaban J connectivity index is 1.72. The van der Waals surface area contributed by atoms with Crippen LogP contribution in [0.15, 0.2) is 23.1 Å². The Morgan fingerprint density at radius 3 is 2.38 bits per heavy atom. The maximum absolute atomic E-state index is 13.7. The molecule has 1 aromatic carbocycles. The molecule has 24 heavy (non-hydrogen) atoms. The van der Waals surface area contributed by atoms with Crippen molar-refractivity contribution in [3.8, 4) is 0 Å². The number of rotatable bonds is 4. The average Bonchev–Trinajstić information content (AvgIpc) is 3.09. The van der Waals surface area contributed by atoms with Crippen molar-refractivity contribution < 1.29 is 27.2 Å². The third-order valence-electron chi connectivity index (χ3n) is 4.28. The largest absolute Gasteiger partial charge is 0.350 e. The lowest BCUT2D eigenvalue weighted by molar-refractivity contribution is -0.387. The molecule has 0 N–H and O–H groups in total. The molecule has 0 saturated carbocycles. The van der Waals surface area contributed by atoms with Gasteiger partial charge in [-0.2, -0.15) is 8.70 Å². The van der Waals surface area contributed by atoms with E-state index in [0.29, 0.717) is 32.1 Å². The fourth-order valence-corrected chi connectivity index (χ4v) is 4.46. The topological polar surface area (TPSA) is 99.0 Å². The van der Waals surface area contributed by atoms with Crippen LogP contribution in [0.5, 0.6) is 0 Å². The van der Waals surface area contributed by atoms with Crippen LogP contribution in [-0.2, 0) is 19.5 Å². The maximum Gasteiger partial charge on any atom is 0.304 e. The molecule has 1 aromatic rings. The Kier molecular flexibility index (Phi) is 4.81. The molecule has 0 aromatic heterocycles. The van der Waals surface area contributed by atoms with Gasteiger partial charge in [0.25, 0.3) is 0 Å². The summed E-state index contributed by atoms with van der Waals surface area (Å²) >= 11 is 0. The van der Waals surface area contributed by atoms with Gasteiger partial charge in [0.15, 0.2) is 6.29 Å². The number of sulfonamides is 1. The maximum atomic E-state index is 13.7. The van der Waals surface area contributed by atoms with E-state index in [-0.39, 0.29) is 30.2 Å². The van der Waals surface area contributed by atoms with Crippen molar-refractivity contribution in [1.29, 1.82) is 0 Å². The van der Waals surface area contributed by atoms with E-state index in [0.717, 1.165) is 12.1 Å². The molecule has 2 aliphatic heterocycles. The van der Waals surface area contributed by atoms with Gasteiger partial charge in [0.05, 0.1) is 23.0 Å². The number of hydrogen-bond acceptors (Lipinski definition) is 6. The van der Waals surface area contributed by atoms with Crippen LogP contribution >= 0.6 is 0 Å². The second kappa shape index (κ2) is 6.71. The van der Waals surface area contributed by atoms with E-state index in [1.807, 2.05) is 0 Å². The Morgan fingerprint density at radius 1 is 1.21 bits per heavy atom. The van der Waals surface area contributed by atoms with Gasteiger partial charge in [-0.1, -0.05) is 0 Å². The summed E-state index contributed by atoms with van der Waals surface area (Å²) in [6.07, 6.45) is 0.880. The van der Waals surface area contributed by atoms with Gasteiger partial charge in [0.1, 0.15) is 0 Å². The summed E-state index contributed by atoms with van der Waals surface area (Å²) in [7, 11) is -3.88. The highest BCUT2D eigenvalue weighted by Crippen LogP contribution is 2.30. The summed E-state index contributed by atoms with van der Waals surface area (Å²) in [6, 6.07) is 2.63. The minimum absolute atomic E-state index is 0.132. The van der Waals surface area contributed by atoms with E-state index >= 15 is 0 Å². The summed E-state index contributed by atoms with van der Waals surface area (Å²) in [5.41, 5.74) is -0.747. The van der Waals surface area contributed by atoms with E-state index in [1.165, 1.54) is 4.31 Å². The predicted molar refractivity (Wildman–Crippen MR) is 80.2 cm³/mol. The third-order valence-corrected chi connectivity index (χ3v) is 6.18. The van der Waals surface area contributed by atoms with Gasteiger partial charge in [0, 0.05) is 31.1 Å². The number of benzene rings is 1. The molecule has 8 nitrogen and oxygen atoms in total. The van der Waals surface area contributed by atoms with Crippen LogP contribution in [-0.4, -0.2) is 50.2 Å². The first-order chi connectivity index (χ1) is 11.4. The molecule has 0 radical (unpaired) electrons. The highest BCUT2D eigenvalue weighted by atomic mass is 32.2. The molecule has 2 fully saturated rings. The Bertz CT molecular complexity index is 727. The van der Waals surface area contributed by atoms with Crippen molar-refractivity contribution in [1.82, 2.24) is 4.31 Å². The van der Waals surface area contributed by atoms with Gasteiger partial charge >= 0.3 is 5.69 Å². The molecule has 0 unspecified atom stereocenters. The normalized spacial score (nSPS) is 21.2. The highest BCUT2D eigenvalue weighted by molar-refractivity contribution is 7.89. The lowest BCUT2D eigenvalue weighted by Gasteiger charge is -2.33. The highest BCUT2D eigenvalue weighted by Gasteiger charge is 2.35. The first-order valence-corrected chi connectivity index (χ1v) is 9.01. The van der Waals surface area contributed by atoms with Crippen molar-refractivity contribution in [2.75, 3.05) is 26.3 Å². The Labute approximate surface area is 138 Å². The summed E-state index contributed by atoms with van der Waals surface area (Å²) < 4.78 is 51.0. The molecule has 3 rings (SSSR count). The summed E-state index contributed by atoms with van der Waals surface area (Å²) in [4.78, 5) is 9.46. The van der Waals surface area contributed by atoms with Crippen LogP contribution in [0.25, 0.3) is 0 Å². The number of ether oxygens (including phenoxy) is 2. The SMILES string of the molecule is O=[N+]([O-])c1ccc(S(=O)(=O)N2CCC(C3OCCO3)CC2)cc1F. The molecule has 0 atom stereocenters. The number of nitrogens with zero attached hydrogens (tertiary/aromatic N) is 2. The van der Waals surface area contributed by atoms with Crippen LogP contribution in [0.1, 0.15) is 12.8 Å². The first-order valence-electron chi connectivity index (χ1n) is 7.57. The number of halogens is 1. The second-order valence-electron chi connectivity index (χ2n) is 5.72. The van der Waals surface area contributed by atoms with Gasteiger partial charge < -0.3 is 9.47 Å². The molecule has 10 heteroatoms. The fourth-order valence-electron chi connectivity index (χ4n) is 2.98. The van der Waals surface area contributed by atoms with Crippen molar-refractivity contribution in [2.45, 2.75) is 24.0 Å². The molecular weight excluding hydrogens is 343 g/mol. The van der Waals surface area contributed by atoms with E-state index in [4.69, 9.17) is 9.47 Å². The minimum atomic E-state index is -3.88. The van der Waals surface area contributed by atoms with Crippen molar-refractivity contribution >= 4 is 15.7 Å². The summed E-state index contributed by atoms with van der Waals surface area (Å²) in [5.74, 6) is -1.03. The van der Waals surface area contributed by atoms with E-state index in [2.05, 4.69) is 0 Å². The van der Waals surface area contributed by atoms with E-state index in [1.54, 1.807) is 0 Å². The molecular formula is C14H17FN2O6S. The molecule has 0 bridgehead atoms. The quantitative estimate of drug-likeness (QED) is 0.596. The minimum Gasteiger partial charge on any atom is -0.350 e. The molecule has 2 heterocycles. The molecule has 132 valence electrons.